The van der Waals surface area contributed by atoms with E-state index in [2.05, 4.69) is 36.7 Å². The van der Waals surface area contributed by atoms with E-state index in [9.17, 15) is 13.6 Å². The summed E-state index contributed by atoms with van der Waals surface area (Å²) in [5.41, 5.74) is -0.153. The Hall–Kier alpha value is -1.83. The molecule has 17 heavy (non-hydrogen) atoms. The maximum absolute atomic E-state index is 13.4. The first-order valence-electron chi connectivity index (χ1n) is 4.39. The third-order valence-electron chi connectivity index (χ3n) is 1.89. The summed E-state index contributed by atoms with van der Waals surface area (Å²) in [6.07, 6.45) is 1.19. The van der Waals surface area contributed by atoms with Gasteiger partial charge in [-0.05, 0) is 22.0 Å². The number of nitrogens with zero attached hydrogens (tertiary/aromatic N) is 2. The van der Waals surface area contributed by atoms with Gasteiger partial charge < -0.3 is 5.32 Å². The lowest BCUT2D eigenvalue weighted by atomic mass is 10.3. The summed E-state index contributed by atoms with van der Waals surface area (Å²) in [6, 6.07) is 1.71. The first-order chi connectivity index (χ1) is 8.08. The van der Waals surface area contributed by atoms with Crippen molar-refractivity contribution >= 4 is 27.5 Å². The van der Waals surface area contributed by atoms with E-state index in [1.165, 1.54) is 6.20 Å². The van der Waals surface area contributed by atoms with E-state index in [0.717, 1.165) is 6.07 Å². The maximum atomic E-state index is 13.4. The number of aromatic amines is 1. The minimum absolute atomic E-state index is 0.000579. The summed E-state index contributed by atoms with van der Waals surface area (Å²) in [5.74, 6) is -2.27. The monoisotopic (exact) mass is 302 g/mol. The van der Waals surface area contributed by atoms with Crippen molar-refractivity contribution in [2.45, 2.75) is 0 Å². The third-order valence-corrected chi connectivity index (χ3v) is 2.52. The number of aromatic nitrogens is 3. The fourth-order valence-corrected chi connectivity index (χ4v) is 1.66. The highest BCUT2D eigenvalue weighted by Crippen LogP contribution is 2.27. The minimum Gasteiger partial charge on any atom is -0.317 e. The van der Waals surface area contributed by atoms with Crippen LogP contribution in [0.25, 0.3) is 0 Å². The van der Waals surface area contributed by atoms with Crippen molar-refractivity contribution in [1.82, 2.24) is 15.4 Å². The largest absolute Gasteiger partial charge is 0.317 e. The van der Waals surface area contributed by atoms with Gasteiger partial charge in [0.25, 0.3) is 5.91 Å². The maximum Gasteiger partial charge on any atom is 0.277 e. The lowest BCUT2D eigenvalue weighted by molar-refractivity contribution is 0.102. The van der Waals surface area contributed by atoms with Crippen LogP contribution in [-0.4, -0.2) is 21.3 Å². The molecule has 0 aliphatic heterocycles. The zero-order valence-electron chi connectivity index (χ0n) is 8.17. The average molecular weight is 303 g/mol. The van der Waals surface area contributed by atoms with Crippen LogP contribution < -0.4 is 5.32 Å². The van der Waals surface area contributed by atoms with Crippen LogP contribution in [0, 0.1) is 11.6 Å². The van der Waals surface area contributed by atoms with E-state index >= 15 is 0 Å². The first kappa shape index (κ1) is 11.6. The zero-order valence-corrected chi connectivity index (χ0v) is 9.75. The molecule has 0 aliphatic rings. The first-order valence-corrected chi connectivity index (χ1v) is 5.19. The molecule has 0 fully saturated rings. The summed E-state index contributed by atoms with van der Waals surface area (Å²) in [5, 5.41) is 11.5. The highest BCUT2D eigenvalue weighted by molar-refractivity contribution is 9.10. The normalized spacial score (nSPS) is 10.3. The van der Waals surface area contributed by atoms with Gasteiger partial charge in [-0.25, -0.2) is 8.78 Å². The number of rotatable bonds is 2. The van der Waals surface area contributed by atoms with Gasteiger partial charge >= 0.3 is 0 Å². The van der Waals surface area contributed by atoms with Crippen molar-refractivity contribution in [1.29, 1.82) is 0 Å². The molecule has 1 aromatic carbocycles. The Bertz CT molecular complexity index is 535. The smallest absolute Gasteiger partial charge is 0.277 e. The molecule has 1 heterocycles. The highest BCUT2D eigenvalue weighted by atomic mass is 79.9. The molecule has 8 heteroatoms. The van der Waals surface area contributed by atoms with Crippen molar-refractivity contribution < 1.29 is 13.6 Å². The molecule has 5 nitrogen and oxygen atoms in total. The van der Waals surface area contributed by atoms with Crippen LogP contribution in [0.3, 0.4) is 0 Å². The number of anilines is 1. The quantitative estimate of drug-likeness (QED) is 0.892. The summed E-state index contributed by atoms with van der Waals surface area (Å²) in [6.45, 7) is 0. The van der Waals surface area contributed by atoms with Gasteiger partial charge in [0.2, 0.25) is 0 Å². The van der Waals surface area contributed by atoms with Crippen molar-refractivity contribution in [3.63, 3.8) is 0 Å². The number of hydrogen-bond donors (Lipinski definition) is 2. The Morgan fingerprint density at radius 2 is 2.18 bits per heavy atom. The van der Waals surface area contributed by atoms with Gasteiger partial charge in [-0.1, -0.05) is 0 Å². The molecule has 0 unspecified atom stereocenters. The van der Waals surface area contributed by atoms with Crippen LogP contribution in [0.4, 0.5) is 14.5 Å². The number of H-pyrrole nitrogens is 1. The Morgan fingerprint density at radius 3 is 2.76 bits per heavy atom. The average Bonchev–Trinajstić information content (AvgIpc) is 2.76. The number of amides is 1. The van der Waals surface area contributed by atoms with Gasteiger partial charge in [0.1, 0.15) is 5.82 Å². The summed E-state index contributed by atoms with van der Waals surface area (Å²) < 4.78 is 26.3. The van der Waals surface area contributed by atoms with Crippen molar-refractivity contribution in [3.05, 3.63) is 40.1 Å². The molecule has 0 spiro atoms. The van der Waals surface area contributed by atoms with Crippen molar-refractivity contribution in [3.8, 4) is 0 Å². The third kappa shape index (κ3) is 2.47. The Labute approximate surface area is 102 Å². The second-order valence-electron chi connectivity index (χ2n) is 3.05. The van der Waals surface area contributed by atoms with Gasteiger partial charge in [-0.2, -0.15) is 15.4 Å². The van der Waals surface area contributed by atoms with E-state index < -0.39 is 17.5 Å². The van der Waals surface area contributed by atoms with Crippen molar-refractivity contribution in [2.24, 2.45) is 0 Å². The van der Waals surface area contributed by atoms with Gasteiger partial charge in [-0.15, -0.1) is 0 Å². The number of carbonyl (C=O) groups is 1. The second-order valence-corrected chi connectivity index (χ2v) is 3.91. The Balaban J connectivity index is 2.28. The van der Waals surface area contributed by atoms with Gasteiger partial charge in [0.05, 0.1) is 11.9 Å². The number of nitrogens with one attached hydrogen (secondary N) is 2. The van der Waals surface area contributed by atoms with E-state index in [4.69, 9.17) is 0 Å². The highest BCUT2D eigenvalue weighted by Gasteiger charge is 2.15. The fourth-order valence-electron chi connectivity index (χ4n) is 1.15. The van der Waals surface area contributed by atoms with Gasteiger partial charge in [-0.3, -0.25) is 4.79 Å². The Morgan fingerprint density at radius 1 is 1.41 bits per heavy atom. The second kappa shape index (κ2) is 4.58. The molecule has 1 amide bonds. The number of benzene rings is 1. The molecule has 88 valence electrons. The molecule has 0 saturated heterocycles. The van der Waals surface area contributed by atoms with Crippen LogP contribution in [0.1, 0.15) is 10.5 Å². The topological polar surface area (TPSA) is 70.7 Å². The number of carbonyl (C=O) groups excluding carboxylic acids is 1. The predicted molar refractivity (Wildman–Crippen MR) is 58.4 cm³/mol. The fraction of sp³-hybridized carbons (Fsp3) is 0. The molecule has 1 aromatic heterocycles. The van der Waals surface area contributed by atoms with Crippen LogP contribution in [0.5, 0.6) is 0 Å². The minimum atomic E-state index is -0.881. The van der Waals surface area contributed by atoms with E-state index in [0.29, 0.717) is 6.07 Å². The molecular weight excluding hydrogens is 298 g/mol. The summed E-state index contributed by atoms with van der Waals surface area (Å²) in [7, 11) is 0. The molecular formula is C9H5BrF2N4O. The molecule has 2 N–H and O–H groups in total. The van der Waals surface area contributed by atoms with Crippen molar-refractivity contribution in [2.75, 3.05) is 5.32 Å². The van der Waals surface area contributed by atoms with E-state index in [1.807, 2.05) is 0 Å². The molecule has 0 atom stereocenters. The molecule has 2 rings (SSSR count). The van der Waals surface area contributed by atoms with Crippen LogP contribution in [-0.2, 0) is 0 Å². The Kier molecular flexibility index (Phi) is 3.14. The SMILES string of the molecule is O=C(Nc1c(F)cc(F)cc1Br)c1cn[nH]n1. The number of hydrogen-bond acceptors (Lipinski definition) is 3. The molecule has 0 aliphatic carbocycles. The predicted octanol–water partition coefficient (Wildman–Crippen LogP) is 2.10. The van der Waals surface area contributed by atoms with Crippen LogP contribution in [0.2, 0.25) is 0 Å². The van der Waals surface area contributed by atoms with E-state index in [1.54, 1.807) is 0 Å². The molecule has 0 bridgehead atoms. The lowest BCUT2D eigenvalue weighted by Crippen LogP contribution is -2.14. The van der Waals surface area contributed by atoms with Crippen LogP contribution in [0.15, 0.2) is 22.8 Å². The molecule has 2 aromatic rings. The molecule has 0 saturated carbocycles. The lowest BCUT2D eigenvalue weighted by Gasteiger charge is -2.07. The van der Waals surface area contributed by atoms with E-state index in [-0.39, 0.29) is 15.9 Å². The zero-order chi connectivity index (χ0) is 12.4. The van der Waals surface area contributed by atoms with Gasteiger partial charge in [0, 0.05) is 10.5 Å². The summed E-state index contributed by atoms with van der Waals surface area (Å²) in [4.78, 5) is 11.5. The van der Waals surface area contributed by atoms with Gasteiger partial charge in [0.15, 0.2) is 11.5 Å². The molecule has 0 radical (unpaired) electrons. The number of halogens is 3. The standard InChI is InChI=1S/C9H5BrF2N4O/c10-5-1-4(11)2-6(12)8(5)14-9(17)7-3-13-16-15-7/h1-3H,(H,14,17)(H,13,15,16). The van der Waals surface area contributed by atoms with Crippen LogP contribution >= 0.6 is 15.9 Å². The summed E-state index contributed by atoms with van der Waals surface area (Å²) >= 11 is 2.95.